The van der Waals surface area contributed by atoms with Gasteiger partial charge in [-0.05, 0) is 36.6 Å². The number of hydrogen-bond acceptors (Lipinski definition) is 4. The molecule has 0 aliphatic rings. The number of benzene rings is 1. The Balaban J connectivity index is 2.56. The second-order valence-electron chi connectivity index (χ2n) is 5.57. The third-order valence-corrected chi connectivity index (χ3v) is 3.83. The monoisotopic (exact) mass is 306 g/mol. The minimum Gasteiger partial charge on any atom is -0.388 e. The van der Waals surface area contributed by atoms with Crippen LogP contribution in [0.5, 0.6) is 0 Å². The highest BCUT2D eigenvalue weighted by Gasteiger charge is 2.26. The number of aliphatic hydroxyl groups is 1. The molecule has 22 heavy (non-hydrogen) atoms. The maximum absolute atomic E-state index is 11.7. The van der Waals surface area contributed by atoms with Crippen molar-refractivity contribution < 1.29 is 14.8 Å². The quantitative estimate of drug-likeness (QED) is 0.460. The Kier molecular flexibility index (Phi) is 6.24. The van der Waals surface area contributed by atoms with Gasteiger partial charge in [0.05, 0.1) is 10.5 Å². The van der Waals surface area contributed by atoms with E-state index in [1.165, 1.54) is 18.2 Å². The highest BCUT2D eigenvalue weighted by atomic mass is 16.6. The first-order valence-electron chi connectivity index (χ1n) is 7.19. The number of nitro groups is 1. The molecule has 2 unspecified atom stereocenters. The fourth-order valence-corrected chi connectivity index (χ4v) is 1.82. The molecular weight excluding hydrogens is 284 g/mol. The Labute approximate surface area is 130 Å². The number of carbonyl (C=O) groups is 1. The van der Waals surface area contributed by atoms with Crippen LogP contribution >= 0.6 is 0 Å². The molecule has 0 spiro atoms. The van der Waals surface area contributed by atoms with E-state index in [9.17, 15) is 20.0 Å². The third kappa shape index (κ3) is 5.29. The molecule has 2 N–H and O–H groups in total. The molecule has 0 heterocycles. The summed E-state index contributed by atoms with van der Waals surface area (Å²) >= 11 is 0. The zero-order chi connectivity index (χ0) is 16.8. The summed E-state index contributed by atoms with van der Waals surface area (Å²) in [6.45, 7) is 5.78. The average Bonchev–Trinajstić information content (AvgIpc) is 2.50. The second kappa shape index (κ2) is 7.70. The molecule has 1 rings (SSSR count). The van der Waals surface area contributed by atoms with Crippen molar-refractivity contribution in [3.8, 4) is 0 Å². The predicted octanol–water partition coefficient (Wildman–Crippen LogP) is 2.52. The Bertz CT molecular complexity index is 550. The van der Waals surface area contributed by atoms with Crippen molar-refractivity contribution in [2.75, 3.05) is 6.54 Å². The summed E-state index contributed by atoms with van der Waals surface area (Å²) in [5.41, 5.74) is -0.258. The maximum Gasteiger partial charge on any atom is 0.269 e. The lowest BCUT2D eigenvalue weighted by molar-refractivity contribution is -0.384. The molecule has 0 aliphatic heterocycles. The Morgan fingerprint density at radius 2 is 2.05 bits per heavy atom. The van der Waals surface area contributed by atoms with Crippen LogP contribution in [-0.2, 0) is 4.79 Å². The van der Waals surface area contributed by atoms with Crippen molar-refractivity contribution in [1.82, 2.24) is 5.32 Å². The fourth-order valence-electron chi connectivity index (χ4n) is 1.82. The van der Waals surface area contributed by atoms with Crippen molar-refractivity contribution in [1.29, 1.82) is 0 Å². The van der Waals surface area contributed by atoms with Crippen molar-refractivity contribution in [2.24, 2.45) is 5.92 Å². The van der Waals surface area contributed by atoms with Crippen molar-refractivity contribution in [3.05, 3.63) is 46.0 Å². The van der Waals surface area contributed by atoms with E-state index in [2.05, 4.69) is 5.32 Å². The van der Waals surface area contributed by atoms with Crippen LogP contribution in [0.2, 0.25) is 0 Å². The van der Waals surface area contributed by atoms with E-state index >= 15 is 0 Å². The largest absolute Gasteiger partial charge is 0.388 e. The van der Waals surface area contributed by atoms with Gasteiger partial charge in [-0.3, -0.25) is 14.9 Å². The van der Waals surface area contributed by atoms with Crippen LogP contribution in [0.15, 0.2) is 30.3 Å². The zero-order valence-corrected chi connectivity index (χ0v) is 13.1. The van der Waals surface area contributed by atoms with Crippen LogP contribution in [0.4, 0.5) is 5.69 Å². The normalized spacial score (nSPS) is 15.3. The van der Waals surface area contributed by atoms with Crippen molar-refractivity contribution in [2.45, 2.75) is 32.8 Å². The standard InChI is InChI=1S/C16H22N2O4/c1-4-12(2)16(3,20)11-17-15(19)10-7-13-5-8-14(9-6-13)18(21)22/h5-10,12,20H,4,11H2,1-3H3,(H,17,19). The number of amides is 1. The molecule has 0 saturated heterocycles. The summed E-state index contributed by atoms with van der Waals surface area (Å²) < 4.78 is 0. The number of rotatable bonds is 7. The van der Waals surface area contributed by atoms with Gasteiger partial charge in [-0.25, -0.2) is 0 Å². The van der Waals surface area contributed by atoms with Crippen LogP contribution in [0.25, 0.3) is 6.08 Å². The topological polar surface area (TPSA) is 92.5 Å². The number of nitrogens with zero attached hydrogens (tertiary/aromatic N) is 1. The van der Waals surface area contributed by atoms with Crippen LogP contribution in [0.1, 0.15) is 32.8 Å². The van der Waals surface area contributed by atoms with Gasteiger partial charge in [0.2, 0.25) is 5.91 Å². The molecular formula is C16H22N2O4. The Morgan fingerprint density at radius 1 is 1.45 bits per heavy atom. The zero-order valence-electron chi connectivity index (χ0n) is 13.1. The number of carbonyl (C=O) groups excluding carboxylic acids is 1. The molecule has 120 valence electrons. The van der Waals surface area contributed by atoms with Gasteiger partial charge < -0.3 is 10.4 Å². The summed E-state index contributed by atoms with van der Waals surface area (Å²) in [5.74, 6) is -0.242. The molecule has 6 nitrogen and oxygen atoms in total. The number of hydrogen-bond donors (Lipinski definition) is 2. The van der Waals surface area contributed by atoms with E-state index in [-0.39, 0.29) is 24.1 Å². The van der Waals surface area contributed by atoms with Gasteiger partial charge in [-0.2, -0.15) is 0 Å². The van der Waals surface area contributed by atoms with Crippen LogP contribution in [-0.4, -0.2) is 28.1 Å². The van der Waals surface area contributed by atoms with Crippen LogP contribution < -0.4 is 5.32 Å². The van der Waals surface area contributed by atoms with E-state index in [4.69, 9.17) is 0 Å². The van der Waals surface area contributed by atoms with Gasteiger partial charge in [-0.15, -0.1) is 0 Å². The Hall–Kier alpha value is -2.21. The minimum absolute atomic E-state index is 0.00574. The van der Waals surface area contributed by atoms with E-state index in [1.807, 2.05) is 13.8 Å². The van der Waals surface area contributed by atoms with E-state index < -0.39 is 10.5 Å². The number of nitrogens with one attached hydrogen (secondary N) is 1. The third-order valence-electron chi connectivity index (χ3n) is 3.83. The van der Waals surface area contributed by atoms with Gasteiger partial charge in [0.1, 0.15) is 0 Å². The van der Waals surface area contributed by atoms with E-state index in [1.54, 1.807) is 25.1 Å². The molecule has 1 aromatic carbocycles. The highest BCUT2D eigenvalue weighted by molar-refractivity contribution is 5.91. The molecule has 1 amide bonds. The minimum atomic E-state index is -0.953. The lowest BCUT2D eigenvalue weighted by Crippen LogP contribution is -2.44. The van der Waals surface area contributed by atoms with Crippen LogP contribution in [0, 0.1) is 16.0 Å². The van der Waals surface area contributed by atoms with Crippen LogP contribution in [0.3, 0.4) is 0 Å². The molecule has 0 aromatic heterocycles. The first-order chi connectivity index (χ1) is 10.3. The van der Waals surface area contributed by atoms with Gasteiger partial charge in [0.15, 0.2) is 0 Å². The van der Waals surface area contributed by atoms with Gasteiger partial charge in [0, 0.05) is 24.8 Å². The smallest absolute Gasteiger partial charge is 0.269 e. The highest BCUT2D eigenvalue weighted by Crippen LogP contribution is 2.18. The van der Waals surface area contributed by atoms with Gasteiger partial charge in [0.25, 0.3) is 5.69 Å². The predicted molar refractivity (Wildman–Crippen MR) is 85.2 cm³/mol. The van der Waals surface area contributed by atoms with E-state index in [0.29, 0.717) is 5.56 Å². The molecule has 0 aliphatic carbocycles. The fraction of sp³-hybridized carbons (Fsp3) is 0.438. The lowest BCUT2D eigenvalue weighted by Gasteiger charge is -2.29. The number of nitro benzene ring substituents is 1. The van der Waals surface area contributed by atoms with E-state index in [0.717, 1.165) is 6.42 Å². The molecule has 0 bridgehead atoms. The maximum atomic E-state index is 11.7. The first kappa shape index (κ1) is 17.8. The summed E-state index contributed by atoms with van der Waals surface area (Å²) in [5, 5.41) is 23.4. The number of non-ortho nitro benzene ring substituents is 1. The average molecular weight is 306 g/mol. The molecule has 0 radical (unpaired) electrons. The molecule has 0 fully saturated rings. The van der Waals surface area contributed by atoms with Gasteiger partial charge >= 0.3 is 0 Å². The molecule has 0 saturated carbocycles. The second-order valence-corrected chi connectivity index (χ2v) is 5.57. The SMILES string of the molecule is CCC(C)C(C)(O)CNC(=O)C=Cc1ccc([N+](=O)[O-])cc1. The lowest BCUT2D eigenvalue weighted by atomic mass is 9.89. The summed E-state index contributed by atoms with van der Waals surface area (Å²) in [7, 11) is 0. The Morgan fingerprint density at radius 3 is 2.55 bits per heavy atom. The molecule has 1 aromatic rings. The summed E-state index contributed by atoms with van der Waals surface area (Å²) in [6.07, 6.45) is 3.73. The first-order valence-corrected chi connectivity index (χ1v) is 7.19. The molecule has 6 heteroatoms. The van der Waals surface area contributed by atoms with Crippen molar-refractivity contribution in [3.63, 3.8) is 0 Å². The molecule has 2 atom stereocenters. The summed E-state index contributed by atoms with van der Waals surface area (Å²) in [6, 6.07) is 5.89. The van der Waals surface area contributed by atoms with Gasteiger partial charge in [-0.1, -0.05) is 20.3 Å². The van der Waals surface area contributed by atoms with Crippen molar-refractivity contribution >= 4 is 17.7 Å². The summed E-state index contributed by atoms with van der Waals surface area (Å²) in [4.78, 5) is 21.8.